The number of hydrogen-bond donors (Lipinski definition) is 2. The van der Waals surface area contributed by atoms with Gasteiger partial charge in [-0.05, 0) is 72.9 Å². The van der Waals surface area contributed by atoms with Gasteiger partial charge in [0.05, 0.1) is 74.8 Å². The van der Waals surface area contributed by atoms with Crippen LogP contribution in [0.15, 0.2) is 60.9 Å². The van der Waals surface area contributed by atoms with Crippen molar-refractivity contribution in [3.63, 3.8) is 0 Å². The fraction of sp³-hybridized carbons (Fsp3) is 0.455. The van der Waals surface area contributed by atoms with Crippen molar-refractivity contribution in [3.05, 3.63) is 83.7 Å². The molecule has 2 amide bonds. The summed E-state index contributed by atoms with van der Waals surface area (Å²) in [6, 6.07) is 15.6. The van der Waals surface area contributed by atoms with E-state index in [1.807, 2.05) is 86.0 Å². The fourth-order valence-electron chi connectivity index (χ4n) is 7.71. The molecule has 2 fully saturated rings. The second kappa shape index (κ2) is 17.8. The molecule has 0 spiro atoms. The van der Waals surface area contributed by atoms with E-state index in [1.165, 1.54) is 14.2 Å². The first kappa shape index (κ1) is 40.0. The van der Waals surface area contributed by atoms with E-state index in [2.05, 4.69) is 31.8 Å². The molecule has 56 heavy (non-hydrogen) atoms. The van der Waals surface area contributed by atoms with E-state index in [0.29, 0.717) is 13.1 Å². The molecule has 4 heterocycles. The SMILES string of the molecule is COC(=O)C[C@H](C(=O)N1CCC[C@H]1c1ncc(-c2ccc(C#Cc3ccc(-c4cnc([C@@H]5CCCN5C(=O)[C@@H](CC(=O)OC)C(C)C)[nH]4)cc3)cc2)[nH]1)C(C)C. The summed E-state index contributed by atoms with van der Waals surface area (Å²) in [4.78, 5) is 71.1. The predicted molar refractivity (Wildman–Crippen MR) is 211 cm³/mol. The van der Waals surface area contributed by atoms with Crippen molar-refractivity contribution < 1.29 is 28.7 Å². The zero-order valence-electron chi connectivity index (χ0n) is 33.1. The first-order chi connectivity index (χ1) is 27.0. The quantitative estimate of drug-likeness (QED) is 0.117. The van der Waals surface area contributed by atoms with Crippen LogP contribution in [0.2, 0.25) is 0 Å². The normalized spacial score (nSPS) is 17.8. The van der Waals surface area contributed by atoms with Crippen LogP contribution in [-0.4, -0.2) is 80.8 Å². The monoisotopic (exact) mass is 760 g/mol. The molecule has 294 valence electrons. The average molecular weight is 761 g/mol. The number of nitrogens with zero attached hydrogens (tertiary/aromatic N) is 4. The van der Waals surface area contributed by atoms with E-state index >= 15 is 0 Å². The minimum absolute atomic E-state index is 0.00616. The van der Waals surface area contributed by atoms with Crippen LogP contribution < -0.4 is 0 Å². The molecular weight excluding hydrogens is 709 g/mol. The molecule has 12 heteroatoms. The lowest BCUT2D eigenvalue weighted by atomic mass is 9.91. The Morgan fingerprint density at radius 3 is 1.38 bits per heavy atom. The van der Waals surface area contributed by atoms with Crippen molar-refractivity contribution in [1.29, 1.82) is 0 Å². The summed E-state index contributed by atoms with van der Waals surface area (Å²) in [6.45, 7) is 9.10. The van der Waals surface area contributed by atoms with Gasteiger partial charge in [-0.2, -0.15) is 0 Å². The summed E-state index contributed by atoms with van der Waals surface area (Å²) >= 11 is 0. The Bertz CT molecular complexity index is 1930. The maximum absolute atomic E-state index is 13.6. The topological polar surface area (TPSA) is 151 Å². The Morgan fingerprint density at radius 2 is 1.04 bits per heavy atom. The number of benzene rings is 2. The number of nitrogens with one attached hydrogen (secondary N) is 2. The van der Waals surface area contributed by atoms with E-state index in [1.54, 1.807) is 12.4 Å². The number of aromatic nitrogens is 4. The number of aromatic amines is 2. The number of likely N-dealkylation sites (tertiary alicyclic amines) is 2. The van der Waals surface area contributed by atoms with E-state index < -0.39 is 11.8 Å². The van der Waals surface area contributed by atoms with E-state index in [-0.39, 0.29) is 60.5 Å². The van der Waals surface area contributed by atoms with Gasteiger partial charge in [0.2, 0.25) is 11.8 Å². The standard InChI is InChI=1S/C44H52N6O6/c1-27(2)33(23-39(51)55-5)43(53)49-21-7-9-37(49)41-45-25-35(47-41)31-17-13-29(14-18-31)11-12-30-15-19-32(20-16-30)36-26-46-42(48-36)38-10-8-22-50(38)44(54)34(28(3)4)24-40(52)56-6/h13-20,25-28,33-34,37-38H,7-10,21-24H2,1-6H3,(H,45,47)(H,46,48)/t33-,34-,37-,38-/m0/s1. The second-order valence-corrected chi connectivity index (χ2v) is 15.4. The highest BCUT2D eigenvalue weighted by Gasteiger charge is 2.39. The molecule has 6 rings (SSSR count). The molecule has 0 unspecified atom stereocenters. The van der Waals surface area contributed by atoms with Crippen LogP contribution in [0.25, 0.3) is 22.5 Å². The van der Waals surface area contributed by atoms with Crippen molar-refractivity contribution in [3.8, 4) is 34.4 Å². The number of ether oxygens (including phenoxy) is 2. The van der Waals surface area contributed by atoms with Gasteiger partial charge >= 0.3 is 11.9 Å². The molecule has 2 aliphatic rings. The third-order valence-electron chi connectivity index (χ3n) is 11.1. The molecule has 12 nitrogen and oxygen atoms in total. The van der Waals surface area contributed by atoms with Crippen LogP contribution in [0.1, 0.15) is 101 Å². The minimum Gasteiger partial charge on any atom is -0.469 e. The summed E-state index contributed by atoms with van der Waals surface area (Å²) in [5, 5.41) is 0. The first-order valence-corrected chi connectivity index (χ1v) is 19.5. The highest BCUT2D eigenvalue weighted by Crippen LogP contribution is 2.36. The fourth-order valence-corrected chi connectivity index (χ4v) is 7.71. The highest BCUT2D eigenvalue weighted by molar-refractivity contribution is 5.85. The number of rotatable bonds is 12. The number of carbonyl (C=O) groups excluding carboxylic acids is 4. The molecule has 0 saturated carbocycles. The van der Waals surface area contributed by atoms with Gasteiger partial charge in [-0.1, -0.05) is 63.8 Å². The zero-order valence-corrected chi connectivity index (χ0v) is 33.1. The number of amides is 2. The van der Waals surface area contributed by atoms with Gasteiger partial charge in [0, 0.05) is 24.2 Å². The Kier molecular flexibility index (Phi) is 12.7. The molecule has 2 N–H and O–H groups in total. The van der Waals surface area contributed by atoms with Crippen molar-refractivity contribution in [2.24, 2.45) is 23.7 Å². The number of esters is 2. The molecule has 2 aliphatic heterocycles. The van der Waals surface area contributed by atoms with Crippen LogP contribution >= 0.6 is 0 Å². The molecular formula is C44H52N6O6. The number of H-pyrrole nitrogens is 2. The third kappa shape index (κ3) is 9.05. The zero-order chi connectivity index (χ0) is 39.9. The maximum atomic E-state index is 13.6. The Hall–Kier alpha value is -5.70. The smallest absolute Gasteiger partial charge is 0.306 e. The average Bonchev–Trinajstić information content (AvgIpc) is 4.04. The van der Waals surface area contributed by atoms with Gasteiger partial charge in [0.1, 0.15) is 11.6 Å². The van der Waals surface area contributed by atoms with Gasteiger partial charge in [0.15, 0.2) is 0 Å². The van der Waals surface area contributed by atoms with Crippen LogP contribution in [-0.2, 0) is 28.7 Å². The third-order valence-corrected chi connectivity index (χ3v) is 11.1. The van der Waals surface area contributed by atoms with E-state index in [9.17, 15) is 19.2 Å². The number of methoxy groups -OCH3 is 2. The molecule has 2 saturated heterocycles. The molecule has 0 bridgehead atoms. The van der Waals surface area contributed by atoms with Gasteiger partial charge in [-0.15, -0.1) is 0 Å². The first-order valence-electron chi connectivity index (χ1n) is 19.5. The van der Waals surface area contributed by atoms with Gasteiger partial charge in [0.25, 0.3) is 0 Å². The Morgan fingerprint density at radius 1 is 0.661 bits per heavy atom. The van der Waals surface area contributed by atoms with Crippen LogP contribution in [0.3, 0.4) is 0 Å². The lowest BCUT2D eigenvalue weighted by Crippen LogP contribution is -2.39. The summed E-state index contributed by atoms with van der Waals surface area (Å²) in [5.41, 5.74) is 5.38. The Balaban J connectivity index is 1.08. The maximum Gasteiger partial charge on any atom is 0.306 e. The largest absolute Gasteiger partial charge is 0.469 e. The molecule has 4 aromatic rings. The van der Waals surface area contributed by atoms with Crippen molar-refractivity contribution in [2.45, 2.75) is 78.3 Å². The Labute approximate surface area is 328 Å². The second-order valence-electron chi connectivity index (χ2n) is 15.4. The van der Waals surface area contributed by atoms with Crippen LogP contribution in [0.4, 0.5) is 0 Å². The summed E-state index contributed by atoms with van der Waals surface area (Å²) in [5.74, 6) is 6.31. The van der Waals surface area contributed by atoms with Crippen LogP contribution in [0, 0.1) is 35.5 Å². The van der Waals surface area contributed by atoms with Crippen molar-refractivity contribution in [2.75, 3.05) is 27.3 Å². The minimum atomic E-state index is -0.438. The van der Waals surface area contributed by atoms with Gasteiger partial charge < -0.3 is 29.2 Å². The van der Waals surface area contributed by atoms with Gasteiger partial charge in [-0.25, -0.2) is 9.97 Å². The molecule has 2 aromatic carbocycles. The van der Waals surface area contributed by atoms with E-state index in [4.69, 9.17) is 9.47 Å². The number of carbonyl (C=O) groups is 4. The lowest BCUT2D eigenvalue weighted by molar-refractivity contribution is -0.148. The molecule has 2 aromatic heterocycles. The predicted octanol–water partition coefficient (Wildman–Crippen LogP) is 6.86. The summed E-state index contributed by atoms with van der Waals surface area (Å²) < 4.78 is 9.71. The van der Waals surface area contributed by atoms with Crippen LogP contribution in [0.5, 0.6) is 0 Å². The number of imidazole rings is 2. The lowest BCUT2D eigenvalue weighted by Gasteiger charge is -2.29. The van der Waals surface area contributed by atoms with Crippen molar-refractivity contribution >= 4 is 23.8 Å². The number of hydrogen-bond acceptors (Lipinski definition) is 8. The summed E-state index contributed by atoms with van der Waals surface area (Å²) in [6.07, 6.45) is 7.10. The summed E-state index contributed by atoms with van der Waals surface area (Å²) in [7, 11) is 2.70. The van der Waals surface area contributed by atoms with Crippen molar-refractivity contribution in [1.82, 2.24) is 29.7 Å². The molecule has 0 radical (unpaired) electrons. The highest BCUT2D eigenvalue weighted by atomic mass is 16.5. The van der Waals surface area contributed by atoms with E-state index in [0.717, 1.165) is 71.0 Å². The molecule has 0 aliphatic carbocycles. The van der Waals surface area contributed by atoms with Gasteiger partial charge in [-0.3, -0.25) is 19.2 Å². The molecule has 4 atom stereocenters.